The summed E-state index contributed by atoms with van der Waals surface area (Å²) in [5, 5.41) is 2.73. The maximum Gasteiger partial charge on any atom is 0.244 e. The van der Waals surface area contributed by atoms with Gasteiger partial charge in [-0.2, -0.15) is 0 Å². The van der Waals surface area contributed by atoms with Gasteiger partial charge in [-0.1, -0.05) is 24.3 Å². The number of likely N-dealkylation sites (N-methyl/N-ethyl adjacent to an activating group) is 1. The van der Waals surface area contributed by atoms with Gasteiger partial charge in [0, 0.05) is 19.2 Å². The molecule has 0 aliphatic heterocycles. The molecule has 186 valence electrons. The standard InChI is InChI=1S/C24H33N3O6S/c1-7-25-24(29)18(3)26(15-19-11-9-8-10-17(19)2)23(28)16-27(34(6,30)31)21-13-12-20(32-4)14-22(21)33-5/h8-14,18H,7,15-16H2,1-6H3,(H,25,29)/t18-/m1/s1. The summed E-state index contributed by atoms with van der Waals surface area (Å²) in [6.45, 7) is 5.39. The largest absolute Gasteiger partial charge is 0.497 e. The third kappa shape index (κ3) is 6.63. The number of rotatable bonds is 11. The van der Waals surface area contributed by atoms with Crippen LogP contribution in [0.1, 0.15) is 25.0 Å². The second kappa shape index (κ2) is 11.7. The van der Waals surface area contributed by atoms with Crippen LogP contribution in [0.25, 0.3) is 0 Å². The van der Waals surface area contributed by atoms with Crippen molar-refractivity contribution in [1.82, 2.24) is 10.2 Å². The van der Waals surface area contributed by atoms with E-state index in [0.29, 0.717) is 12.3 Å². The van der Waals surface area contributed by atoms with Crippen molar-refractivity contribution in [2.75, 3.05) is 37.9 Å². The van der Waals surface area contributed by atoms with Crippen LogP contribution in [-0.2, 0) is 26.2 Å². The van der Waals surface area contributed by atoms with E-state index < -0.39 is 28.5 Å². The zero-order valence-corrected chi connectivity index (χ0v) is 21.3. The van der Waals surface area contributed by atoms with E-state index in [-0.39, 0.29) is 23.9 Å². The second-order valence-electron chi connectivity index (χ2n) is 7.83. The second-order valence-corrected chi connectivity index (χ2v) is 9.73. The fraction of sp³-hybridized carbons (Fsp3) is 0.417. The number of anilines is 1. The molecular formula is C24H33N3O6S. The van der Waals surface area contributed by atoms with Crippen molar-refractivity contribution in [2.24, 2.45) is 0 Å². The van der Waals surface area contributed by atoms with Gasteiger partial charge in [-0.25, -0.2) is 8.42 Å². The Labute approximate surface area is 201 Å². The van der Waals surface area contributed by atoms with Gasteiger partial charge in [0.05, 0.1) is 26.2 Å². The number of nitrogens with one attached hydrogen (secondary N) is 1. The summed E-state index contributed by atoms with van der Waals surface area (Å²) in [6, 6.07) is 11.4. The molecule has 0 spiro atoms. The number of benzene rings is 2. The third-order valence-corrected chi connectivity index (χ3v) is 6.58. The Kier molecular flexibility index (Phi) is 9.31. The average Bonchev–Trinajstić information content (AvgIpc) is 2.80. The Bertz CT molecular complexity index is 1120. The van der Waals surface area contributed by atoms with E-state index in [9.17, 15) is 18.0 Å². The van der Waals surface area contributed by atoms with E-state index in [4.69, 9.17) is 9.47 Å². The lowest BCUT2D eigenvalue weighted by atomic mass is 10.1. The molecule has 2 rings (SSSR count). The summed E-state index contributed by atoms with van der Waals surface area (Å²) in [7, 11) is -0.982. The molecule has 0 aromatic heterocycles. The van der Waals surface area contributed by atoms with Crippen molar-refractivity contribution in [3.05, 3.63) is 53.6 Å². The Balaban J connectivity index is 2.47. The van der Waals surface area contributed by atoms with Crippen LogP contribution in [0, 0.1) is 6.92 Å². The van der Waals surface area contributed by atoms with E-state index in [0.717, 1.165) is 21.7 Å². The normalized spacial score (nSPS) is 11.9. The van der Waals surface area contributed by atoms with Gasteiger partial charge in [-0.3, -0.25) is 13.9 Å². The number of nitrogens with zero attached hydrogens (tertiary/aromatic N) is 2. The molecule has 2 aromatic carbocycles. The van der Waals surface area contributed by atoms with Crippen LogP contribution in [0.15, 0.2) is 42.5 Å². The summed E-state index contributed by atoms with van der Waals surface area (Å²) in [5.74, 6) is -0.131. The molecule has 2 aromatic rings. The molecule has 1 N–H and O–H groups in total. The Hall–Kier alpha value is -3.27. The molecule has 0 aliphatic carbocycles. The first-order chi connectivity index (χ1) is 16.0. The number of methoxy groups -OCH3 is 2. The highest BCUT2D eigenvalue weighted by Crippen LogP contribution is 2.33. The SMILES string of the molecule is CCNC(=O)[C@@H](C)N(Cc1ccccc1C)C(=O)CN(c1ccc(OC)cc1OC)S(C)(=O)=O. The average molecular weight is 492 g/mol. The third-order valence-electron chi connectivity index (χ3n) is 5.46. The Morgan fingerprint density at radius 3 is 2.32 bits per heavy atom. The van der Waals surface area contributed by atoms with Crippen molar-refractivity contribution in [3.8, 4) is 11.5 Å². The predicted octanol–water partition coefficient (Wildman–Crippen LogP) is 2.33. The molecule has 10 heteroatoms. The lowest BCUT2D eigenvalue weighted by molar-refractivity contribution is -0.139. The minimum Gasteiger partial charge on any atom is -0.497 e. The fourth-order valence-corrected chi connectivity index (χ4v) is 4.31. The molecular weight excluding hydrogens is 458 g/mol. The molecule has 0 unspecified atom stereocenters. The zero-order chi connectivity index (χ0) is 25.5. The summed E-state index contributed by atoms with van der Waals surface area (Å²) >= 11 is 0. The molecule has 9 nitrogen and oxygen atoms in total. The van der Waals surface area contributed by atoms with Gasteiger partial charge in [-0.15, -0.1) is 0 Å². The molecule has 2 amide bonds. The van der Waals surface area contributed by atoms with Crippen LogP contribution in [0.4, 0.5) is 5.69 Å². The van der Waals surface area contributed by atoms with Gasteiger partial charge < -0.3 is 19.7 Å². The van der Waals surface area contributed by atoms with Gasteiger partial charge in [0.15, 0.2) is 0 Å². The van der Waals surface area contributed by atoms with Crippen molar-refractivity contribution in [3.63, 3.8) is 0 Å². The fourth-order valence-electron chi connectivity index (χ4n) is 3.46. The number of sulfonamides is 1. The predicted molar refractivity (Wildman–Crippen MR) is 132 cm³/mol. The van der Waals surface area contributed by atoms with Gasteiger partial charge in [0.1, 0.15) is 24.1 Å². The summed E-state index contributed by atoms with van der Waals surface area (Å²) in [5.41, 5.74) is 2.01. The number of amides is 2. The van der Waals surface area contributed by atoms with Crippen molar-refractivity contribution < 1.29 is 27.5 Å². The summed E-state index contributed by atoms with van der Waals surface area (Å²) < 4.78 is 37.0. The zero-order valence-electron chi connectivity index (χ0n) is 20.5. The first-order valence-electron chi connectivity index (χ1n) is 10.8. The van der Waals surface area contributed by atoms with Gasteiger partial charge >= 0.3 is 0 Å². The molecule has 0 saturated carbocycles. The van der Waals surface area contributed by atoms with E-state index in [1.165, 1.54) is 25.2 Å². The van der Waals surface area contributed by atoms with Gasteiger partial charge in [0.2, 0.25) is 21.8 Å². The molecule has 0 aliphatic rings. The van der Waals surface area contributed by atoms with Crippen LogP contribution >= 0.6 is 0 Å². The molecule has 0 radical (unpaired) electrons. The minimum absolute atomic E-state index is 0.154. The highest BCUT2D eigenvalue weighted by molar-refractivity contribution is 7.92. The van der Waals surface area contributed by atoms with E-state index in [1.807, 2.05) is 31.2 Å². The minimum atomic E-state index is -3.87. The van der Waals surface area contributed by atoms with Crippen LogP contribution in [0.5, 0.6) is 11.5 Å². The molecule has 0 saturated heterocycles. The topological polar surface area (TPSA) is 105 Å². The van der Waals surface area contributed by atoms with Gasteiger partial charge in [-0.05, 0) is 44.0 Å². The first kappa shape index (κ1) is 27.0. The van der Waals surface area contributed by atoms with Crippen LogP contribution in [0.2, 0.25) is 0 Å². The van der Waals surface area contributed by atoms with Crippen molar-refractivity contribution in [2.45, 2.75) is 33.4 Å². The van der Waals surface area contributed by atoms with E-state index in [1.54, 1.807) is 26.0 Å². The molecule has 0 heterocycles. The Morgan fingerprint density at radius 2 is 1.76 bits per heavy atom. The molecule has 1 atom stereocenters. The maximum atomic E-state index is 13.5. The highest BCUT2D eigenvalue weighted by Gasteiger charge is 2.31. The van der Waals surface area contributed by atoms with Gasteiger partial charge in [0.25, 0.3) is 0 Å². The van der Waals surface area contributed by atoms with E-state index >= 15 is 0 Å². The summed E-state index contributed by atoms with van der Waals surface area (Å²) in [4.78, 5) is 27.5. The molecule has 0 fully saturated rings. The molecule has 34 heavy (non-hydrogen) atoms. The van der Waals surface area contributed by atoms with Crippen LogP contribution < -0.4 is 19.1 Å². The first-order valence-corrected chi connectivity index (χ1v) is 12.7. The van der Waals surface area contributed by atoms with E-state index in [2.05, 4.69) is 5.32 Å². The number of hydrogen-bond acceptors (Lipinski definition) is 6. The number of ether oxygens (including phenoxy) is 2. The van der Waals surface area contributed by atoms with Crippen LogP contribution in [0.3, 0.4) is 0 Å². The van der Waals surface area contributed by atoms with Crippen molar-refractivity contribution >= 4 is 27.5 Å². The molecule has 0 bridgehead atoms. The lowest BCUT2D eigenvalue weighted by Crippen LogP contribution is -2.51. The van der Waals surface area contributed by atoms with Crippen molar-refractivity contribution in [1.29, 1.82) is 0 Å². The maximum absolute atomic E-state index is 13.5. The monoisotopic (exact) mass is 491 g/mol. The van der Waals surface area contributed by atoms with Crippen LogP contribution in [-0.4, -0.2) is 64.7 Å². The quantitative estimate of drug-likeness (QED) is 0.517. The highest BCUT2D eigenvalue weighted by atomic mass is 32.2. The number of carbonyl (C=O) groups excluding carboxylic acids is 2. The number of hydrogen-bond donors (Lipinski definition) is 1. The number of carbonyl (C=O) groups is 2. The number of aryl methyl sites for hydroxylation is 1. The smallest absolute Gasteiger partial charge is 0.244 e. The summed E-state index contributed by atoms with van der Waals surface area (Å²) in [6.07, 6.45) is 1.02. The Morgan fingerprint density at radius 1 is 1.09 bits per heavy atom. The lowest BCUT2D eigenvalue weighted by Gasteiger charge is -2.32.